The molecule has 0 spiro atoms. The van der Waals surface area contributed by atoms with Gasteiger partial charge < -0.3 is 10.1 Å². The van der Waals surface area contributed by atoms with Crippen LogP contribution in [0.15, 0.2) is 47.8 Å². The van der Waals surface area contributed by atoms with Gasteiger partial charge in [0.2, 0.25) is 0 Å². The number of nitrogens with one attached hydrogen (secondary N) is 1. The molecule has 0 saturated carbocycles. The van der Waals surface area contributed by atoms with Crippen LogP contribution in [0.25, 0.3) is 11.1 Å². The number of thiophene rings is 1. The normalized spacial score (nSPS) is 10.6. The Morgan fingerprint density at radius 3 is 2.57 bits per heavy atom. The van der Waals surface area contributed by atoms with Crippen LogP contribution in [0.1, 0.15) is 38.8 Å². The van der Waals surface area contributed by atoms with Gasteiger partial charge in [-0.1, -0.05) is 41.4 Å². The summed E-state index contributed by atoms with van der Waals surface area (Å²) in [5.74, 6) is -0.790. The molecular weight excluding hydrogens is 394 g/mol. The minimum atomic E-state index is -0.458. The minimum absolute atomic E-state index is 0.253. The molecule has 0 fully saturated rings. The number of aryl methyl sites for hydroxylation is 2. The lowest BCUT2D eigenvalue weighted by Gasteiger charge is -2.11. The van der Waals surface area contributed by atoms with Gasteiger partial charge in [-0.25, -0.2) is 4.79 Å². The monoisotopic (exact) mass is 413 g/mol. The Morgan fingerprint density at radius 1 is 1.11 bits per heavy atom. The van der Waals surface area contributed by atoms with Gasteiger partial charge in [-0.3, -0.25) is 4.79 Å². The third-order valence-electron chi connectivity index (χ3n) is 4.26. The van der Waals surface area contributed by atoms with Gasteiger partial charge in [0.05, 0.1) is 6.61 Å². The summed E-state index contributed by atoms with van der Waals surface area (Å²) in [6.45, 7) is 6.03. The molecule has 0 saturated heterocycles. The summed E-state index contributed by atoms with van der Waals surface area (Å²) in [6.07, 6.45) is 0. The van der Waals surface area contributed by atoms with Crippen molar-refractivity contribution >= 4 is 39.8 Å². The van der Waals surface area contributed by atoms with E-state index in [2.05, 4.69) is 11.4 Å². The highest BCUT2D eigenvalue weighted by molar-refractivity contribution is 7.15. The van der Waals surface area contributed by atoms with Gasteiger partial charge in [0.1, 0.15) is 10.6 Å². The third kappa shape index (κ3) is 4.26. The van der Waals surface area contributed by atoms with E-state index in [-0.39, 0.29) is 12.5 Å². The summed E-state index contributed by atoms with van der Waals surface area (Å²) in [7, 11) is 0. The molecule has 2 aromatic carbocycles. The zero-order valence-electron chi connectivity index (χ0n) is 15.8. The lowest BCUT2D eigenvalue weighted by atomic mass is 9.97. The fourth-order valence-corrected chi connectivity index (χ4v) is 4.11. The Bertz CT molecular complexity index is 1040. The van der Waals surface area contributed by atoms with E-state index in [1.165, 1.54) is 11.3 Å². The molecule has 0 aliphatic rings. The van der Waals surface area contributed by atoms with Gasteiger partial charge in [-0.15, -0.1) is 11.3 Å². The van der Waals surface area contributed by atoms with E-state index in [1.807, 2.05) is 31.4 Å². The number of hydrogen-bond donors (Lipinski definition) is 1. The largest absolute Gasteiger partial charge is 0.462 e. The first-order chi connectivity index (χ1) is 13.4. The van der Waals surface area contributed by atoms with Crippen molar-refractivity contribution in [3.05, 3.63) is 75.1 Å². The van der Waals surface area contributed by atoms with Crippen molar-refractivity contribution in [3.63, 3.8) is 0 Å². The van der Waals surface area contributed by atoms with Gasteiger partial charge in [0.15, 0.2) is 0 Å². The molecule has 1 aromatic heterocycles. The summed E-state index contributed by atoms with van der Waals surface area (Å²) in [5, 5.41) is 5.64. The van der Waals surface area contributed by atoms with Crippen molar-refractivity contribution in [1.82, 2.24) is 0 Å². The van der Waals surface area contributed by atoms with Crippen molar-refractivity contribution in [2.24, 2.45) is 0 Å². The highest BCUT2D eigenvalue weighted by Crippen LogP contribution is 2.38. The first-order valence-electron chi connectivity index (χ1n) is 8.84. The van der Waals surface area contributed by atoms with E-state index in [9.17, 15) is 9.59 Å². The van der Waals surface area contributed by atoms with Crippen LogP contribution in [-0.4, -0.2) is 18.5 Å². The Kier molecular flexibility index (Phi) is 6.17. The molecule has 0 bridgehead atoms. The van der Waals surface area contributed by atoms with Crippen LogP contribution in [0.2, 0.25) is 5.02 Å². The summed E-state index contributed by atoms with van der Waals surface area (Å²) in [5.41, 5.74) is 4.67. The number of amides is 1. The van der Waals surface area contributed by atoms with Crippen LogP contribution in [0.3, 0.4) is 0 Å². The zero-order valence-corrected chi connectivity index (χ0v) is 17.4. The number of halogens is 1. The molecule has 28 heavy (non-hydrogen) atoms. The molecule has 0 unspecified atom stereocenters. The van der Waals surface area contributed by atoms with Crippen LogP contribution < -0.4 is 5.32 Å². The number of carbonyl (C=O) groups is 2. The smallest absolute Gasteiger partial charge is 0.341 e. The Hall–Kier alpha value is -2.63. The van der Waals surface area contributed by atoms with Crippen molar-refractivity contribution in [3.8, 4) is 11.1 Å². The van der Waals surface area contributed by atoms with Gasteiger partial charge >= 0.3 is 5.97 Å². The molecule has 6 heteroatoms. The maximum atomic E-state index is 12.7. The van der Waals surface area contributed by atoms with E-state index in [0.717, 1.165) is 22.3 Å². The first kappa shape index (κ1) is 20.1. The fraction of sp³-hybridized carbons (Fsp3) is 0.182. The number of anilines is 1. The molecule has 4 nitrogen and oxygen atoms in total. The number of benzene rings is 2. The standard InChI is InChI=1S/C22H20ClNO3S/c1-4-27-22(26)19-18(17-9-8-13(2)10-14(17)3)12-28-21(19)24-20(25)15-6-5-7-16(23)11-15/h5-12H,4H2,1-3H3,(H,24,25). The molecule has 3 rings (SSSR count). The number of esters is 1. The molecule has 3 aromatic rings. The topological polar surface area (TPSA) is 55.4 Å². The quantitative estimate of drug-likeness (QED) is 0.513. The second kappa shape index (κ2) is 8.59. The maximum Gasteiger partial charge on any atom is 0.341 e. The average Bonchev–Trinajstić information content (AvgIpc) is 3.05. The van der Waals surface area contributed by atoms with Crippen molar-refractivity contribution in [1.29, 1.82) is 0 Å². The molecule has 0 aliphatic heterocycles. The Morgan fingerprint density at radius 2 is 1.89 bits per heavy atom. The lowest BCUT2D eigenvalue weighted by Crippen LogP contribution is -2.14. The van der Waals surface area contributed by atoms with Crippen LogP contribution in [0, 0.1) is 13.8 Å². The molecule has 0 atom stereocenters. The van der Waals surface area contributed by atoms with Crippen molar-refractivity contribution in [2.45, 2.75) is 20.8 Å². The molecule has 1 amide bonds. The number of carbonyl (C=O) groups excluding carboxylic acids is 2. The molecule has 144 valence electrons. The van der Waals surface area contributed by atoms with Crippen molar-refractivity contribution in [2.75, 3.05) is 11.9 Å². The number of ether oxygens (including phenoxy) is 1. The Labute approximate surface area is 173 Å². The average molecular weight is 414 g/mol. The predicted octanol–water partition coefficient (Wildman–Crippen LogP) is 6.11. The van der Waals surface area contributed by atoms with E-state index >= 15 is 0 Å². The fourth-order valence-electron chi connectivity index (χ4n) is 2.97. The van der Waals surface area contributed by atoms with Crippen LogP contribution in [0.5, 0.6) is 0 Å². The maximum absolute atomic E-state index is 12.7. The molecule has 1 heterocycles. The number of hydrogen-bond acceptors (Lipinski definition) is 4. The third-order valence-corrected chi connectivity index (χ3v) is 5.39. The summed E-state index contributed by atoms with van der Waals surface area (Å²) in [4.78, 5) is 25.3. The van der Waals surface area contributed by atoms with Crippen molar-refractivity contribution < 1.29 is 14.3 Å². The summed E-state index contributed by atoms with van der Waals surface area (Å²) >= 11 is 7.28. The predicted molar refractivity (Wildman–Crippen MR) is 115 cm³/mol. The van der Waals surface area contributed by atoms with Gasteiger partial charge in [0.25, 0.3) is 5.91 Å². The lowest BCUT2D eigenvalue weighted by molar-refractivity contribution is 0.0529. The first-order valence-corrected chi connectivity index (χ1v) is 10.1. The molecule has 1 N–H and O–H groups in total. The molecule has 0 aliphatic carbocycles. The molecular formula is C22H20ClNO3S. The van der Waals surface area contributed by atoms with E-state index in [4.69, 9.17) is 16.3 Å². The highest BCUT2D eigenvalue weighted by Gasteiger charge is 2.24. The second-order valence-electron chi connectivity index (χ2n) is 6.36. The van der Waals surface area contributed by atoms with Gasteiger partial charge in [0, 0.05) is 21.5 Å². The van der Waals surface area contributed by atoms with E-state index < -0.39 is 5.97 Å². The van der Waals surface area contributed by atoms with Gasteiger partial charge in [-0.05, 0) is 50.1 Å². The summed E-state index contributed by atoms with van der Waals surface area (Å²) < 4.78 is 5.25. The second-order valence-corrected chi connectivity index (χ2v) is 7.67. The molecule has 0 radical (unpaired) electrons. The van der Waals surface area contributed by atoms with E-state index in [1.54, 1.807) is 31.2 Å². The van der Waals surface area contributed by atoms with Crippen LogP contribution in [-0.2, 0) is 4.74 Å². The van der Waals surface area contributed by atoms with E-state index in [0.29, 0.717) is 21.2 Å². The Balaban J connectivity index is 2.03. The van der Waals surface area contributed by atoms with Crippen LogP contribution in [0.4, 0.5) is 5.00 Å². The number of rotatable bonds is 5. The van der Waals surface area contributed by atoms with Gasteiger partial charge in [-0.2, -0.15) is 0 Å². The summed E-state index contributed by atoms with van der Waals surface area (Å²) in [6, 6.07) is 12.7. The SMILES string of the molecule is CCOC(=O)c1c(-c2ccc(C)cc2C)csc1NC(=O)c1cccc(Cl)c1. The minimum Gasteiger partial charge on any atom is -0.462 e. The highest BCUT2D eigenvalue weighted by atomic mass is 35.5. The van der Waals surface area contributed by atoms with Crippen LogP contribution >= 0.6 is 22.9 Å². The zero-order chi connectivity index (χ0) is 20.3.